The van der Waals surface area contributed by atoms with E-state index in [0.717, 1.165) is 9.79 Å². The predicted molar refractivity (Wildman–Crippen MR) is 112 cm³/mol. The Labute approximate surface area is 175 Å². The summed E-state index contributed by atoms with van der Waals surface area (Å²) in [5.41, 5.74) is 1.74. The fourth-order valence-corrected chi connectivity index (χ4v) is 4.81. The number of carbonyl (C=O) groups excluding carboxylic acids is 2. The third-order valence-corrected chi connectivity index (χ3v) is 6.68. The lowest BCUT2D eigenvalue weighted by Gasteiger charge is -2.18. The summed E-state index contributed by atoms with van der Waals surface area (Å²) in [6.07, 6.45) is 0. The molecule has 0 saturated heterocycles. The van der Waals surface area contributed by atoms with Gasteiger partial charge in [0.1, 0.15) is 0 Å². The first-order valence-electron chi connectivity index (χ1n) is 8.95. The molecule has 1 aliphatic rings. The summed E-state index contributed by atoms with van der Waals surface area (Å²) in [6.45, 7) is 0.178. The van der Waals surface area contributed by atoms with E-state index in [1.54, 1.807) is 48.5 Å². The van der Waals surface area contributed by atoms with Gasteiger partial charge in [-0.1, -0.05) is 36.0 Å². The molecule has 1 aliphatic carbocycles. The third-order valence-electron chi connectivity index (χ3n) is 4.52. The summed E-state index contributed by atoms with van der Waals surface area (Å²) in [5, 5.41) is 8.80. The van der Waals surface area contributed by atoms with Crippen LogP contribution in [0.3, 0.4) is 0 Å². The van der Waals surface area contributed by atoms with Crippen LogP contribution in [0.2, 0.25) is 0 Å². The van der Waals surface area contributed by atoms with Crippen LogP contribution in [0.15, 0.2) is 81.4 Å². The van der Waals surface area contributed by atoms with Crippen molar-refractivity contribution in [3.8, 4) is 0 Å². The molecule has 0 bridgehead atoms. The Hall–Kier alpha value is -2.42. The molecule has 3 aromatic carbocycles. The second-order valence-electron chi connectivity index (χ2n) is 6.37. The molecule has 0 heterocycles. The molecule has 29 heavy (non-hydrogen) atoms. The molecule has 1 unspecified atom stereocenters. The first-order valence-corrected chi connectivity index (χ1v) is 10.9. The molecular formula is C22H17NO4S2. The van der Waals surface area contributed by atoms with Gasteiger partial charge in [0.2, 0.25) is 0 Å². The minimum Gasteiger partial charge on any atom is -0.593 e. The maximum Gasteiger partial charge on any atom is 0.194 e. The van der Waals surface area contributed by atoms with Gasteiger partial charge in [0, 0.05) is 32.0 Å². The van der Waals surface area contributed by atoms with Crippen molar-refractivity contribution >= 4 is 34.7 Å². The first-order chi connectivity index (χ1) is 14.1. The number of hydrogen-bond acceptors (Lipinski definition) is 6. The van der Waals surface area contributed by atoms with E-state index in [4.69, 9.17) is 5.11 Å². The van der Waals surface area contributed by atoms with Crippen LogP contribution < -0.4 is 4.72 Å². The smallest absolute Gasteiger partial charge is 0.194 e. The summed E-state index contributed by atoms with van der Waals surface area (Å²) < 4.78 is 14.7. The number of ketones is 2. The molecule has 0 spiro atoms. The number of nitrogens with one attached hydrogen (secondary N) is 1. The monoisotopic (exact) mass is 423 g/mol. The molecule has 0 radical (unpaired) electrons. The molecule has 0 aliphatic heterocycles. The summed E-state index contributed by atoms with van der Waals surface area (Å²) >= 11 is 0.0892. The van der Waals surface area contributed by atoms with Crippen molar-refractivity contribution in [1.29, 1.82) is 0 Å². The highest BCUT2D eigenvalue weighted by Gasteiger charge is 2.29. The van der Waals surface area contributed by atoms with E-state index in [1.807, 2.05) is 18.2 Å². The maximum absolute atomic E-state index is 12.8. The highest BCUT2D eigenvalue weighted by Crippen LogP contribution is 2.33. The quantitative estimate of drug-likeness (QED) is 0.463. The van der Waals surface area contributed by atoms with Crippen LogP contribution in [-0.2, 0) is 11.4 Å². The van der Waals surface area contributed by atoms with Gasteiger partial charge in [-0.05, 0) is 42.5 Å². The first kappa shape index (κ1) is 19.9. The van der Waals surface area contributed by atoms with Crippen LogP contribution in [0, 0.1) is 0 Å². The van der Waals surface area contributed by atoms with E-state index < -0.39 is 11.4 Å². The maximum atomic E-state index is 12.8. The Morgan fingerprint density at radius 1 is 0.828 bits per heavy atom. The molecule has 4 rings (SSSR count). The highest BCUT2D eigenvalue weighted by atomic mass is 32.2. The van der Waals surface area contributed by atoms with Gasteiger partial charge in [0.25, 0.3) is 0 Å². The number of benzene rings is 3. The normalized spacial score (nSPS) is 13.7. The summed E-state index contributed by atoms with van der Waals surface area (Å²) in [5.74, 6) is -0.271. The topological polar surface area (TPSA) is 89.5 Å². The van der Waals surface area contributed by atoms with E-state index in [2.05, 4.69) is 4.72 Å². The number of carbonyl (C=O) groups is 2. The zero-order valence-corrected chi connectivity index (χ0v) is 16.9. The zero-order chi connectivity index (χ0) is 20.4. The van der Waals surface area contributed by atoms with Crippen molar-refractivity contribution in [1.82, 2.24) is 4.72 Å². The molecule has 2 N–H and O–H groups in total. The van der Waals surface area contributed by atoms with Crippen molar-refractivity contribution in [3.05, 3.63) is 89.0 Å². The van der Waals surface area contributed by atoms with Gasteiger partial charge in [0.05, 0.1) is 24.5 Å². The van der Waals surface area contributed by atoms with Crippen LogP contribution in [0.25, 0.3) is 0 Å². The second-order valence-corrected chi connectivity index (χ2v) is 8.82. The lowest BCUT2D eigenvalue weighted by molar-refractivity contribution is 0.0979. The lowest BCUT2D eigenvalue weighted by Crippen LogP contribution is -2.26. The number of rotatable bonds is 6. The molecule has 5 nitrogen and oxygen atoms in total. The Bertz CT molecular complexity index is 1080. The van der Waals surface area contributed by atoms with Crippen molar-refractivity contribution in [2.24, 2.45) is 0 Å². The minimum absolute atomic E-state index is 0.0797. The molecule has 0 saturated carbocycles. The van der Waals surface area contributed by atoms with E-state index >= 15 is 0 Å². The zero-order valence-electron chi connectivity index (χ0n) is 15.3. The standard InChI is InChI=1S/C22H17NO4S2/c24-12-11-23-29(27)16-8-5-14(6-9-16)28-15-7-10-19-20(13-15)22(26)18-4-2-1-3-17(18)21(19)25/h1-10,13,23-24H,11-12H2. The van der Waals surface area contributed by atoms with Crippen molar-refractivity contribution in [3.63, 3.8) is 0 Å². The van der Waals surface area contributed by atoms with Crippen LogP contribution >= 0.6 is 11.8 Å². The predicted octanol–water partition coefficient (Wildman–Crippen LogP) is 3.22. The van der Waals surface area contributed by atoms with Gasteiger partial charge >= 0.3 is 0 Å². The Kier molecular flexibility index (Phi) is 5.84. The van der Waals surface area contributed by atoms with Crippen LogP contribution in [0.5, 0.6) is 0 Å². The average molecular weight is 424 g/mol. The molecule has 7 heteroatoms. The van der Waals surface area contributed by atoms with Gasteiger partial charge in [-0.3, -0.25) is 9.59 Å². The van der Waals surface area contributed by atoms with Crippen LogP contribution in [-0.4, -0.2) is 34.4 Å². The molecule has 146 valence electrons. The number of fused-ring (bicyclic) bond motifs is 2. The second kappa shape index (κ2) is 8.52. The van der Waals surface area contributed by atoms with E-state index in [0.29, 0.717) is 27.1 Å². The van der Waals surface area contributed by atoms with E-state index in [9.17, 15) is 14.1 Å². The largest absolute Gasteiger partial charge is 0.593 e. The van der Waals surface area contributed by atoms with Crippen LogP contribution in [0.4, 0.5) is 0 Å². The van der Waals surface area contributed by atoms with Gasteiger partial charge in [-0.25, -0.2) is 0 Å². The number of hydrogen-bond donors (Lipinski definition) is 2. The fourth-order valence-electron chi connectivity index (χ4n) is 3.13. The molecular weight excluding hydrogens is 406 g/mol. The molecule has 1 atom stereocenters. The third kappa shape index (κ3) is 4.01. The van der Waals surface area contributed by atoms with Crippen LogP contribution in [0.1, 0.15) is 31.8 Å². The molecule has 0 aromatic heterocycles. The minimum atomic E-state index is -1.37. The van der Waals surface area contributed by atoms with E-state index in [-0.39, 0.29) is 24.7 Å². The van der Waals surface area contributed by atoms with Crippen molar-refractivity contribution in [2.45, 2.75) is 14.7 Å². The van der Waals surface area contributed by atoms with Gasteiger partial charge in [-0.15, -0.1) is 4.72 Å². The Balaban J connectivity index is 1.56. The average Bonchev–Trinajstić information content (AvgIpc) is 2.76. The fraction of sp³-hybridized carbons (Fsp3) is 0.0909. The number of aliphatic hydroxyl groups excluding tert-OH is 1. The van der Waals surface area contributed by atoms with E-state index in [1.165, 1.54) is 11.8 Å². The van der Waals surface area contributed by atoms with Gasteiger partial charge in [0.15, 0.2) is 16.5 Å². The molecule has 3 aromatic rings. The van der Waals surface area contributed by atoms with Gasteiger partial charge in [-0.2, -0.15) is 0 Å². The Morgan fingerprint density at radius 3 is 2.07 bits per heavy atom. The van der Waals surface area contributed by atoms with Gasteiger partial charge < -0.3 is 9.66 Å². The summed E-state index contributed by atoms with van der Waals surface area (Å²) in [7, 11) is 0. The number of aliphatic hydroxyl groups is 1. The summed E-state index contributed by atoms with van der Waals surface area (Å²) in [4.78, 5) is 27.9. The molecule has 0 fully saturated rings. The van der Waals surface area contributed by atoms with Crippen molar-refractivity contribution < 1.29 is 19.2 Å². The Morgan fingerprint density at radius 2 is 1.41 bits per heavy atom. The van der Waals surface area contributed by atoms with Crippen molar-refractivity contribution in [2.75, 3.05) is 13.2 Å². The highest BCUT2D eigenvalue weighted by molar-refractivity contribution is 7.99. The lowest BCUT2D eigenvalue weighted by atomic mass is 9.84. The SMILES string of the molecule is O=C1c2ccccc2C(=O)c2cc(Sc3ccc([S+]([O-])NCCO)cc3)ccc21. The molecule has 0 amide bonds. The summed E-state index contributed by atoms with van der Waals surface area (Å²) in [6, 6.07) is 19.4.